The molecule has 0 saturated heterocycles. The molecular weight excluding hydrogens is 306 g/mol. The first kappa shape index (κ1) is 16.5. The summed E-state index contributed by atoms with van der Waals surface area (Å²) in [5.74, 6) is -0.420. The zero-order valence-corrected chi connectivity index (χ0v) is 14.1. The molecule has 1 aromatic rings. The lowest BCUT2D eigenvalue weighted by Gasteiger charge is -2.23. The number of fused-ring (bicyclic) bond motifs is 1. The van der Waals surface area contributed by atoms with E-state index >= 15 is 0 Å². The largest absolute Gasteiger partial charge is 0.443 e. The van der Waals surface area contributed by atoms with E-state index < -0.39 is 17.6 Å². The maximum atomic E-state index is 12.6. The Morgan fingerprint density at radius 3 is 2.64 bits per heavy atom. The van der Waals surface area contributed by atoms with Gasteiger partial charge in [0.15, 0.2) is 0 Å². The van der Waals surface area contributed by atoms with Crippen molar-refractivity contribution >= 4 is 29.3 Å². The van der Waals surface area contributed by atoms with Crippen LogP contribution in [0.15, 0.2) is 6.20 Å². The SMILES string of the molecule is CC(C)Nc1cnc(Cl)c2c1C(=O)N(C(=O)OC(C)(C)C)C2. The Morgan fingerprint density at radius 2 is 2.09 bits per heavy atom. The van der Waals surface area contributed by atoms with Crippen molar-refractivity contribution in [2.24, 2.45) is 0 Å². The standard InChI is InChI=1S/C15H20ClN3O3/c1-8(2)18-10-6-17-12(16)9-7-19(13(20)11(9)10)14(21)22-15(3,4)5/h6,8,18H,7H2,1-5H3. The molecule has 2 heterocycles. The smallest absolute Gasteiger partial charge is 0.417 e. The number of amides is 2. The molecule has 22 heavy (non-hydrogen) atoms. The molecule has 7 heteroatoms. The first-order chi connectivity index (χ1) is 10.1. The second kappa shape index (κ2) is 5.76. The van der Waals surface area contributed by atoms with E-state index in [2.05, 4.69) is 10.3 Å². The fourth-order valence-corrected chi connectivity index (χ4v) is 2.37. The predicted octanol–water partition coefficient (Wildman–Crippen LogP) is 3.45. The number of nitrogens with one attached hydrogen (secondary N) is 1. The first-order valence-corrected chi connectivity index (χ1v) is 7.46. The van der Waals surface area contributed by atoms with E-state index in [-0.39, 0.29) is 17.7 Å². The molecule has 0 spiro atoms. The summed E-state index contributed by atoms with van der Waals surface area (Å²) < 4.78 is 5.27. The molecule has 1 aromatic heterocycles. The minimum Gasteiger partial charge on any atom is -0.443 e. The van der Waals surface area contributed by atoms with Crippen LogP contribution in [0, 0.1) is 0 Å². The van der Waals surface area contributed by atoms with Crippen LogP contribution in [0.1, 0.15) is 50.5 Å². The van der Waals surface area contributed by atoms with Crippen molar-refractivity contribution in [3.63, 3.8) is 0 Å². The van der Waals surface area contributed by atoms with Gasteiger partial charge in [0.1, 0.15) is 10.8 Å². The number of carbonyl (C=O) groups excluding carboxylic acids is 2. The average Bonchev–Trinajstić information content (AvgIpc) is 2.69. The number of hydrogen-bond donors (Lipinski definition) is 1. The van der Waals surface area contributed by atoms with Crippen LogP contribution in [-0.4, -0.2) is 33.5 Å². The van der Waals surface area contributed by atoms with E-state index in [1.165, 1.54) is 6.20 Å². The van der Waals surface area contributed by atoms with Gasteiger partial charge in [-0.3, -0.25) is 4.79 Å². The number of aromatic nitrogens is 1. The molecule has 0 aliphatic carbocycles. The number of rotatable bonds is 2. The third-order valence-corrected chi connectivity index (χ3v) is 3.29. The molecule has 120 valence electrons. The second-order valence-corrected chi connectivity index (χ2v) is 6.84. The Morgan fingerprint density at radius 1 is 1.45 bits per heavy atom. The maximum Gasteiger partial charge on any atom is 0.417 e. The predicted molar refractivity (Wildman–Crippen MR) is 84.1 cm³/mol. The number of pyridine rings is 1. The molecular formula is C15H20ClN3O3. The summed E-state index contributed by atoms with van der Waals surface area (Å²) >= 11 is 6.08. The lowest BCUT2D eigenvalue weighted by Crippen LogP contribution is -2.37. The normalized spacial score (nSPS) is 14.3. The van der Waals surface area contributed by atoms with Crippen LogP contribution < -0.4 is 5.32 Å². The molecule has 2 amide bonds. The van der Waals surface area contributed by atoms with Crippen LogP contribution in [0.2, 0.25) is 5.15 Å². The molecule has 0 saturated carbocycles. The number of hydrogen-bond acceptors (Lipinski definition) is 5. The summed E-state index contributed by atoms with van der Waals surface area (Å²) in [6.07, 6.45) is 0.831. The van der Waals surface area contributed by atoms with Gasteiger partial charge >= 0.3 is 6.09 Å². The topological polar surface area (TPSA) is 71.5 Å². The Bertz CT molecular complexity index is 623. The number of anilines is 1. The molecule has 0 fully saturated rings. The number of imide groups is 1. The molecule has 0 aromatic carbocycles. The highest BCUT2D eigenvalue weighted by Gasteiger charge is 2.38. The second-order valence-electron chi connectivity index (χ2n) is 6.49. The van der Waals surface area contributed by atoms with Gasteiger partial charge in [-0.1, -0.05) is 11.6 Å². The van der Waals surface area contributed by atoms with Crippen molar-refractivity contribution < 1.29 is 14.3 Å². The lowest BCUT2D eigenvalue weighted by atomic mass is 10.1. The molecule has 1 N–H and O–H groups in total. The fourth-order valence-electron chi connectivity index (χ4n) is 2.17. The summed E-state index contributed by atoms with van der Waals surface area (Å²) in [5.41, 5.74) is 0.834. The summed E-state index contributed by atoms with van der Waals surface area (Å²) in [6.45, 7) is 9.22. The Kier molecular flexibility index (Phi) is 4.33. The van der Waals surface area contributed by atoms with Gasteiger partial charge in [-0.25, -0.2) is 14.7 Å². The Balaban J connectivity index is 2.35. The Labute approximate surface area is 134 Å². The highest BCUT2D eigenvalue weighted by molar-refractivity contribution is 6.31. The highest BCUT2D eigenvalue weighted by Crippen LogP contribution is 2.34. The van der Waals surface area contributed by atoms with Crippen molar-refractivity contribution in [2.75, 3.05) is 5.32 Å². The van der Waals surface area contributed by atoms with Crippen molar-refractivity contribution in [2.45, 2.75) is 52.8 Å². The van der Waals surface area contributed by atoms with Gasteiger partial charge in [-0.15, -0.1) is 0 Å². The highest BCUT2D eigenvalue weighted by atomic mass is 35.5. The van der Waals surface area contributed by atoms with Crippen LogP contribution in [0.4, 0.5) is 10.5 Å². The monoisotopic (exact) mass is 325 g/mol. The molecule has 2 rings (SSSR count). The quantitative estimate of drug-likeness (QED) is 0.843. The van der Waals surface area contributed by atoms with Crippen LogP contribution in [0.25, 0.3) is 0 Å². The van der Waals surface area contributed by atoms with Crippen molar-refractivity contribution in [1.82, 2.24) is 9.88 Å². The number of nitrogens with zero attached hydrogens (tertiary/aromatic N) is 2. The zero-order chi connectivity index (χ0) is 16.7. The summed E-state index contributed by atoms with van der Waals surface area (Å²) in [4.78, 5) is 29.9. The van der Waals surface area contributed by atoms with Gasteiger partial charge in [0, 0.05) is 11.6 Å². The Hall–Kier alpha value is -1.82. The van der Waals surface area contributed by atoms with E-state index in [4.69, 9.17) is 16.3 Å². The summed E-state index contributed by atoms with van der Waals surface area (Å²) in [7, 11) is 0. The molecule has 0 radical (unpaired) electrons. The van der Waals surface area contributed by atoms with Gasteiger partial charge in [-0.2, -0.15) is 0 Å². The molecule has 6 nitrogen and oxygen atoms in total. The maximum absolute atomic E-state index is 12.6. The van der Waals surface area contributed by atoms with Crippen molar-refractivity contribution in [1.29, 1.82) is 0 Å². The number of carbonyl (C=O) groups is 2. The zero-order valence-electron chi connectivity index (χ0n) is 13.4. The van der Waals surface area contributed by atoms with Gasteiger partial charge in [0.05, 0.1) is 24.0 Å². The summed E-state index contributed by atoms with van der Waals surface area (Å²) in [6, 6.07) is 0.121. The van der Waals surface area contributed by atoms with E-state index in [1.54, 1.807) is 20.8 Å². The number of ether oxygens (including phenoxy) is 1. The minimum absolute atomic E-state index is 0.0720. The van der Waals surface area contributed by atoms with Gasteiger partial charge < -0.3 is 10.1 Å². The van der Waals surface area contributed by atoms with Gasteiger partial charge in [0.2, 0.25) is 0 Å². The van der Waals surface area contributed by atoms with Crippen LogP contribution in [0.3, 0.4) is 0 Å². The first-order valence-electron chi connectivity index (χ1n) is 7.09. The average molecular weight is 326 g/mol. The van der Waals surface area contributed by atoms with E-state index in [0.29, 0.717) is 16.8 Å². The van der Waals surface area contributed by atoms with E-state index in [1.807, 2.05) is 13.8 Å². The lowest BCUT2D eigenvalue weighted by molar-refractivity contribution is 0.0248. The fraction of sp³-hybridized carbons (Fsp3) is 0.533. The summed E-state index contributed by atoms with van der Waals surface area (Å²) in [5, 5.41) is 3.38. The van der Waals surface area contributed by atoms with Crippen molar-refractivity contribution in [3.05, 3.63) is 22.5 Å². The molecule has 0 atom stereocenters. The van der Waals surface area contributed by atoms with Crippen LogP contribution in [-0.2, 0) is 11.3 Å². The molecule has 0 bridgehead atoms. The number of halogens is 1. The minimum atomic E-state index is -0.680. The molecule has 1 aliphatic rings. The van der Waals surface area contributed by atoms with Gasteiger partial charge in [-0.05, 0) is 34.6 Å². The molecule has 1 aliphatic heterocycles. The third-order valence-electron chi connectivity index (χ3n) is 2.96. The van der Waals surface area contributed by atoms with Crippen LogP contribution in [0.5, 0.6) is 0 Å². The molecule has 0 unspecified atom stereocenters. The van der Waals surface area contributed by atoms with E-state index in [0.717, 1.165) is 4.90 Å². The van der Waals surface area contributed by atoms with Gasteiger partial charge in [0.25, 0.3) is 5.91 Å². The van der Waals surface area contributed by atoms with Crippen molar-refractivity contribution in [3.8, 4) is 0 Å². The van der Waals surface area contributed by atoms with E-state index in [9.17, 15) is 9.59 Å². The van der Waals surface area contributed by atoms with Crippen LogP contribution >= 0.6 is 11.6 Å². The third kappa shape index (κ3) is 3.32.